The van der Waals surface area contributed by atoms with E-state index in [2.05, 4.69) is 48.9 Å². The van der Waals surface area contributed by atoms with Crippen LogP contribution in [0.2, 0.25) is 0 Å². The number of hydrogen-bond donors (Lipinski definition) is 2. The van der Waals surface area contributed by atoms with Crippen LogP contribution >= 0.6 is 11.3 Å². The summed E-state index contributed by atoms with van der Waals surface area (Å²) in [5, 5.41) is 8.50. The molecular weight excluding hydrogens is 284 g/mol. The molecule has 21 heavy (non-hydrogen) atoms. The van der Waals surface area contributed by atoms with Gasteiger partial charge >= 0.3 is 6.09 Å². The normalized spacial score (nSPS) is 14.8. The first-order valence-electron chi connectivity index (χ1n) is 7.45. The molecule has 1 aromatic heterocycles. The summed E-state index contributed by atoms with van der Waals surface area (Å²) in [6.45, 7) is 12.7. The molecule has 2 N–H and O–H groups in total. The largest absolute Gasteiger partial charge is 0.444 e. The summed E-state index contributed by atoms with van der Waals surface area (Å²) in [6, 6.07) is 4.50. The number of alkyl carbamates (subject to hydrolysis) is 1. The van der Waals surface area contributed by atoms with Crippen molar-refractivity contribution in [2.45, 2.75) is 59.2 Å². The lowest BCUT2D eigenvalue weighted by molar-refractivity contribution is 0.0489. The molecule has 1 heterocycles. The van der Waals surface area contributed by atoms with Gasteiger partial charge in [-0.05, 0) is 45.1 Å². The van der Waals surface area contributed by atoms with Crippen molar-refractivity contribution in [3.63, 3.8) is 0 Å². The Morgan fingerprint density at radius 1 is 1.33 bits per heavy atom. The molecule has 0 aromatic carbocycles. The predicted molar refractivity (Wildman–Crippen MR) is 88.7 cm³/mol. The van der Waals surface area contributed by atoms with E-state index in [4.69, 9.17) is 4.74 Å². The van der Waals surface area contributed by atoms with Crippen LogP contribution in [-0.4, -0.2) is 24.3 Å². The van der Waals surface area contributed by atoms with Gasteiger partial charge in [-0.2, -0.15) is 0 Å². The lowest BCUT2D eigenvalue weighted by Gasteiger charge is -2.27. The van der Waals surface area contributed by atoms with Crippen LogP contribution in [-0.2, 0) is 4.74 Å². The smallest absolute Gasteiger partial charge is 0.407 e. The molecule has 0 aliphatic rings. The van der Waals surface area contributed by atoms with Gasteiger partial charge in [0.05, 0.1) is 0 Å². The Bertz CT molecular complexity index is 424. The zero-order chi connectivity index (χ0) is 16.0. The summed E-state index contributed by atoms with van der Waals surface area (Å²) in [4.78, 5) is 13.2. The van der Waals surface area contributed by atoms with Crippen LogP contribution in [0.25, 0.3) is 0 Å². The van der Waals surface area contributed by atoms with Crippen molar-refractivity contribution in [1.82, 2.24) is 10.6 Å². The van der Waals surface area contributed by atoms with Crippen LogP contribution in [0.3, 0.4) is 0 Å². The molecule has 2 unspecified atom stereocenters. The van der Waals surface area contributed by atoms with Crippen LogP contribution in [0.15, 0.2) is 17.5 Å². The minimum atomic E-state index is -0.469. The number of rotatable bonds is 6. The number of thiophene rings is 1. The Balaban J connectivity index is 2.48. The Morgan fingerprint density at radius 3 is 2.48 bits per heavy atom. The van der Waals surface area contributed by atoms with E-state index in [0.29, 0.717) is 5.92 Å². The Hall–Kier alpha value is -1.07. The minimum absolute atomic E-state index is 0.0438. The molecule has 120 valence electrons. The van der Waals surface area contributed by atoms with Gasteiger partial charge in [-0.25, -0.2) is 4.79 Å². The molecule has 0 saturated heterocycles. The minimum Gasteiger partial charge on any atom is -0.444 e. The molecule has 0 aliphatic heterocycles. The fourth-order valence-corrected chi connectivity index (χ4v) is 2.61. The van der Waals surface area contributed by atoms with Gasteiger partial charge in [-0.3, -0.25) is 0 Å². The SMILES string of the molecule is CC(NCC(NC(=O)OC(C)(C)C)C(C)C)c1cccs1. The first-order valence-corrected chi connectivity index (χ1v) is 8.33. The van der Waals surface area contributed by atoms with E-state index in [9.17, 15) is 4.79 Å². The summed E-state index contributed by atoms with van der Waals surface area (Å²) in [7, 11) is 0. The predicted octanol–water partition coefficient (Wildman–Crippen LogP) is 3.95. The van der Waals surface area contributed by atoms with E-state index in [-0.39, 0.29) is 18.2 Å². The molecule has 0 bridgehead atoms. The first-order chi connectivity index (χ1) is 9.69. The van der Waals surface area contributed by atoms with Gasteiger partial charge in [0.1, 0.15) is 5.60 Å². The third kappa shape index (κ3) is 6.96. The Labute approximate surface area is 132 Å². The van der Waals surface area contributed by atoms with Crippen molar-refractivity contribution in [3.05, 3.63) is 22.4 Å². The maximum Gasteiger partial charge on any atom is 0.407 e. The van der Waals surface area contributed by atoms with Crippen LogP contribution in [0.4, 0.5) is 4.79 Å². The van der Waals surface area contributed by atoms with Gasteiger partial charge < -0.3 is 15.4 Å². The average molecular weight is 312 g/mol. The van der Waals surface area contributed by atoms with E-state index in [0.717, 1.165) is 6.54 Å². The highest BCUT2D eigenvalue weighted by molar-refractivity contribution is 7.10. The summed E-state index contributed by atoms with van der Waals surface area (Å²) < 4.78 is 5.32. The third-order valence-electron chi connectivity index (χ3n) is 3.12. The number of carbonyl (C=O) groups excluding carboxylic acids is 1. The molecule has 0 aliphatic carbocycles. The zero-order valence-electron chi connectivity index (χ0n) is 13.9. The molecular formula is C16H28N2O2S. The van der Waals surface area contributed by atoms with E-state index in [1.54, 1.807) is 11.3 Å². The van der Waals surface area contributed by atoms with Crippen LogP contribution < -0.4 is 10.6 Å². The fraction of sp³-hybridized carbons (Fsp3) is 0.688. The van der Waals surface area contributed by atoms with Crippen molar-refractivity contribution in [3.8, 4) is 0 Å². The highest BCUT2D eigenvalue weighted by Gasteiger charge is 2.21. The van der Waals surface area contributed by atoms with Crippen molar-refractivity contribution in [2.75, 3.05) is 6.54 Å². The number of nitrogens with one attached hydrogen (secondary N) is 2. The van der Waals surface area contributed by atoms with Gasteiger partial charge in [-0.15, -0.1) is 11.3 Å². The van der Waals surface area contributed by atoms with E-state index < -0.39 is 5.60 Å². The summed E-state index contributed by atoms with van der Waals surface area (Å²) in [5.74, 6) is 0.334. The highest BCUT2D eigenvalue weighted by Crippen LogP contribution is 2.18. The van der Waals surface area contributed by atoms with Crippen molar-refractivity contribution in [2.24, 2.45) is 5.92 Å². The first kappa shape index (κ1) is 18.0. The summed E-state index contributed by atoms with van der Waals surface area (Å²) in [5.41, 5.74) is -0.469. The molecule has 1 rings (SSSR count). The lowest BCUT2D eigenvalue weighted by Crippen LogP contribution is -2.47. The Kier molecular flexibility index (Phi) is 6.68. The maximum absolute atomic E-state index is 11.9. The standard InChI is InChI=1S/C16H28N2O2S/c1-11(2)13(18-15(19)20-16(4,5)6)10-17-12(3)14-8-7-9-21-14/h7-9,11-13,17H,10H2,1-6H3,(H,18,19). The van der Waals surface area contributed by atoms with Crippen molar-refractivity contribution >= 4 is 17.4 Å². The van der Waals surface area contributed by atoms with Crippen LogP contribution in [0.1, 0.15) is 52.5 Å². The molecule has 1 amide bonds. The van der Waals surface area contributed by atoms with Gasteiger partial charge in [0.25, 0.3) is 0 Å². The molecule has 0 spiro atoms. The van der Waals surface area contributed by atoms with Gasteiger partial charge in [0.15, 0.2) is 0 Å². The average Bonchev–Trinajstić information content (AvgIpc) is 2.85. The van der Waals surface area contributed by atoms with Crippen LogP contribution in [0.5, 0.6) is 0 Å². The number of hydrogen-bond acceptors (Lipinski definition) is 4. The van der Waals surface area contributed by atoms with E-state index >= 15 is 0 Å². The second-order valence-corrected chi connectivity index (χ2v) is 7.62. The lowest BCUT2D eigenvalue weighted by atomic mass is 10.0. The molecule has 2 atom stereocenters. The maximum atomic E-state index is 11.9. The highest BCUT2D eigenvalue weighted by atomic mass is 32.1. The number of amides is 1. The van der Waals surface area contributed by atoms with Gasteiger partial charge in [0.2, 0.25) is 0 Å². The van der Waals surface area contributed by atoms with Crippen molar-refractivity contribution in [1.29, 1.82) is 0 Å². The molecule has 4 nitrogen and oxygen atoms in total. The van der Waals surface area contributed by atoms with Gasteiger partial charge in [0, 0.05) is 23.5 Å². The molecule has 0 saturated carbocycles. The zero-order valence-corrected chi connectivity index (χ0v) is 14.7. The van der Waals surface area contributed by atoms with Crippen molar-refractivity contribution < 1.29 is 9.53 Å². The second kappa shape index (κ2) is 7.80. The van der Waals surface area contributed by atoms with Crippen LogP contribution in [0, 0.1) is 5.92 Å². The quantitative estimate of drug-likeness (QED) is 0.836. The molecule has 0 fully saturated rings. The van der Waals surface area contributed by atoms with E-state index in [1.807, 2.05) is 20.8 Å². The number of carbonyl (C=O) groups is 1. The summed E-state index contributed by atoms with van der Waals surface area (Å²) in [6.07, 6.45) is -0.355. The third-order valence-corrected chi connectivity index (χ3v) is 4.18. The van der Waals surface area contributed by atoms with E-state index in [1.165, 1.54) is 4.88 Å². The van der Waals surface area contributed by atoms with Gasteiger partial charge in [-0.1, -0.05) is 19.9 Å². The Morgan fingerprint density at radius 2 is 2.00 bits per heavy atom. The molecule has 1 aromatic rings. The molecule has 5 heteroatoms. The fourth-order valence-electron chi connectivity index (χ4n) is 1.85. The monoisotopic (exact) mass is 312 g/mol. The topological polar surface area (TPSA) is 50.4 Å². The second-order valence-electron chi connectivity index (χ2n) is 6.64. The summed E-state index contributed by atoms with van der Waals surface area (Å²) >= 11 is 1.74. The molecule has 0 radical (unpaired) electrons. The number of ether oxygens (including phenoxy) is 1.